The van der Waals surface area contributed by atoms with Crippen LogP contribution < -0.4 is 5.73 Å². The number of halogens is 1. The van der Waals surface area contributed by atoms with Crippen molar-refractivity contribution in [1.29, 1.82) is 0 Å². The number of benzene rings is 1. The Morgan fingerprint density at radius 2 is 1.84 bits per heavy atom. The summed E-state index contributed by atoms with van der Waals surface area (Å²) in [5.41, 5.74) is 6.80. The summed E-state index contributed by atoms with van der Waals surface area (Å²) in [6, 6.07) is 10.1. The van der Waals surface area contributed by atoms with E-state index in [1.165, 1.54) is 5.56 Å². The summed E-state index contributed by atoms with van der Waals surface area (Å²) in [6.07, 6.45) is 1.83. The van der Waals surface area contributed by atoms with Gasteiger partial charge in [0.1, 0.15) is 5.60 Å². The van der Waals surface area contributed by atoms with Gasteiger partial charge in [-0.3, -0.25) is 4.79 Å². The molecule has 0 amide bonds. The second-order valence-corrected chi connectivity index (χ2v) is 5.57. The average Bonchev–Trinajstić information content (AvgIpc) is 2.25. The summed E-state index contributed by atoms with van der Waals surface area (Å²) in [6.45, 7) is 5.61. The zero-order valence-electron chi connectivity index (χ0n) is 11.9. The average molecular weight is 286 g/mol. The van der Waals surface area contributed by atoms with Crippen LogP contribution in [0.5, 0.6) is 0 Å². The monoisotopic (exact) mass is 285 g/mol. The molecule has 2 N–H and O–H groups in total. The molecule has 3 nitrogen and oxygen atoms in total. The SMILES string of the molecule is CC(C)(C)OC(=O)CCC(N)Cc1ccccc1.Cl. The van der Waals surface area contributed by atoms with Crippen LogP contribution in [0.1, 0.15) is 39.2 Å². The molecule has 1 aromatic rings. The van der Waals surface area contributed by atoms with Gasteiger partial charge in [0.05, 0.1) is 0 Å². The third-order valence-corrected chi connectivity index (χ3v) is 2.48. The third kappa shape index (κ3) is 8.62. The van der Waals surface area contributed by atoms with Crippen LogP contribution in [-0.4, -0.2) is 17.6 Å². The highest BCUT2D eigenvalue weighted by atomic mass is 35.5. The van der Waals surface area contributed by atoms with E-state index in [4.69, 9.17) is 10.5 Å². The molecule has 1 aromatic carbocycles. The molecule has 1 unspecified atom stereocenters. The molecule has 1 atom stereocenters. The van der Waals surface area contributed by atoms with E-state index in [1.807, 2.05) is 51.1 Å². The molecular formula is C15H24ClNO2. The van der Waals surface area contributed by atoms with E-state index in [0.717, 1.165) is 6.42 Å². The molecule has 0 heterocycles. The van der Waals surface area contributed by atoms with Gasteiger partial charge in [0.15, 0.2) is 0 Å². The van der Waals surface area contributed by atoms with Crippen LogP contribution in [-0.2, 0) is 16.0 Å². The maximum Gasteiger partial charge on any atom is 0.306 e. The van der Waals surface area contributed by atoms with Crippen molar-refractivity contribution in [2.75, 3.05) is 0 Å². The molecule has 0 aliphatic carbocycles. The van der Waals surface area contributed by atoms with Gasteiger partial charge in [-0.1, -0.05) is 30.3 Å². The first-order chi connectivity index (χ1) is 8.37. The second kappa shape index (κ2) is 8.18. The summed E-state index contributed by atoms with van der Waals surface area (Å²) >= 11 is 0. The van der Waals surface area contributed by atoms with Gasteiger partial charge >= 0.3 is 5.97 Å². The summed E-state index contributed by atoms with van der Waals surface area (Å²) in [5.74, 6) is -0.175. The van der Waals surface area contributed by atoms with Crippen molar-refractivity contribution < 1.29 is 9.53 Å². The smallest absolute Gasteiger partial charge is 0.306 e. The van der Waals surface area contributed by atoms with Crippen molar-refractivity contribution in [2.45, 2.75) is 51.7 Å². The first-order valence-corrected chi connectivity index (χ1v) is 6.38. The number of nitrogens with two attached hydrogens (primary N) is 1. The van der Waals surface area contributed by atoms with Crippen LogP contribution >= 0.6 is 12.4 Å². The first-order valence-electron chi connectivity index (χ1n) is 6.38. The number of carbonyl (C=O) groups excluding carboxylic acids is 1. The van der Waals surface area contributed by atoms with Crippen LogP contribution in [0, 0.1) is 0 Å². The van der Waals surface area contributed by atoms with Crippen molar-refractivity contribution in [2.24, 2.45) is 5.73 Å². The van der Waals surface area contributed by atoms with Crippen molar-refractivity contribution in [3.63, 3.8) is 0 Å². The Morgan fingerprint density at radius 1 is 1.26 bits per heavy atom. The Kier molecular flexibility index (Phi) is 7.72. The Bertz CT molecular complexity index is 373. The number of ether oxygens (including phenoxy) is 1. The molecule has 108 valence electrons. The molecular weight excluding hydrogens is 262 g/mol. The third-order valence-electron chi connectivity index (χ3n) is 2.48. The van der Waals surface area contributed by atoms with Crippen LogP contribution in [0.25, 0.3) is 0 Å². The molecule has 0 saturated carbocycles. The van der Waals surface area contributed by atoms with E-state index >= 15 is 0 Å². The fourth-order valence-electron chi connectivity index (χ4n) is 1.71. The lowest BCUT2D eigenvalue weighted by molar-refractivity contribution is -0.155. The lowest BCUT2D eigenvalue weighted by atomic mass is 10.0. The fourth-order valence-corrected chi connectivity index (χ4v) is 1.71. The van der Waals surface area contributed by atoms with Crippen molar-refractivity contribution in [3.05, 3.63) is 35.9 Å². The molecule has 0 spiro atoms. The van der Waals surface area contributed by atoms with Gasteiger partial charge in [0.2, 0.25) is 0 Å². The van der Waals surface area contributed by atoms with E-state index in [1.54, 1.807) is 0 Å². The largest absolute Gasteiger partial charge is 0.460 e. The molecule has 0 fully saturated rings. The van der Waals surface area contributed by atoms with E-state index in [-0.39, 0.29) is 24.4 Å². The zero-order valence-corrected chi connectivity index (χ0v) is 12.7. The Hall–Kier alpha value is -1.06. The molecule has 0 saturated heterocycles. The molecule has 4 heteroatoms. The highest BCUT2D eigenvalue weighted by molar-refractivity contribution is 5.85. The van der Waals surface area contributed by atoms with Gasteiger partial charge in [-0.2, -0.15) is 0 Å². The summed E-state index contributed by atoms with van der Waals surface area (Å²) in [4.78, 5) is 11.5. The van der Waals surface area contributed by atoms with Crippen molar-refractivity contribution >= 4 is 18.4 Å². The van der Waals surface area contributed by atoms with Gasteiger partial charge in [0, 0.05) is 12.5 Å². The van der Waals surface area contributed by atoms with Crippen LogP contribution in [0.2, 0.25) is 0 Å². The number of rotatable bonds is 5. The molecule has 0 aliphatic heterocycles. The van der Waals surface area contributed by atoms with Crippen LogP contribution in [0.15, 0.2) is 30.3 Å². The molecule has 0 aromatic heterocycles. The first kappa shape index (κ1) is 17.9. The number of hydrogen-bond donors (Lipinski definition) is 1. The minimum Gasteiger partial charge on any atom is -0.460 e. The molecule has 0 radical (unpaired) electrons. The fraction of sp³-hybridized carbons (Fsp3) is 0.533. The van der Waals surface area contributed by atoms with Gasteiger partial charge in [-0.15, -0.1) is 12.4 Å². The summed E-state index contributed by atoms with van der Waals surface area (Å²) in [5, 5.41) is 0. The van der Waals surface area contributed by atoms with Crippen LogP contribution in [0.4, 0.5) is 0 Å². The second-order valence-electron chi connectivity index (χ2n) is 5.57. The van der Waals surface area contributed by atoms with E-state index in [2.05, 4.69) is 0 Å². The molecule has 19 heavy (non-hydrogen) atoms. The zero-order chi connectivity index (χ0) is 13.6. The highest BCUT2D eigenvalue weighted by Gasteiger charge is 2.16. The number of esters is 1. The van der Waals surface area contributed by atoms with E-state index < -0.39 is 5.60 Å². The van der Waals surface area contributed by atoms with Gasteiger partial charge in [0.25, 0.3) is 0 Å². The van der Waals surface area contributed by atoms with Crippen molar-refractivity contribution in [3.8, 4) is 0 Å². The van der Waals surface area contributed by atoms with Crippen LogP contribution in [0.3, 0.4) is 0 Å². The summed E-state index contributed by atoms with van der Waals surface area (Å²) < 4.78 is 5.24. The quantitative estimate of drug-likeness (QED) is 0.846. The molecule has 0 aliphatic rings. The minimum absolute atomic E-state index is 0. The van der Waals surface area contributed by atoms with E-state index in [0.29, 0.717) is 12.8 Å². The highest BCUT2D eigenvalue weighted by Crippen LogP contribution is 2.11. The van der Waals surface area contributed by atoms with Gasteiger partial charge in [-0.05, 0) is 39.2 Å². The predicted molar refractivity (Wildman–Crippen MR) is 80.4 cm³/mol. The Morgan fingerprint density at radius 3 is 2.37 bits per heavy atom. The maximum absolute atomic E-state index is 11.5. The molecule has 0 bridgehead atoms. The standard InChI is InChI=1S/C15H23NO2.ClH/c1-15(2,3)18-14(17)10-9-13(16)11-12-7-5-4-6-8-12;/h4-8,13H,9-11,16H2,1-3H3;1H. The number of carbonyl (C=O) groups is 1. The lowest BCUT2D eigenvalue weighted by Crippen LogP contribution is -2.27. The minimum atomic E-state index is -0.416. The lowest BCUT2D eigenvalue weighted by Gasteiger charge is -2.20. The maximum atomic E-state index is 11.5. The molecule has 1 rings (SSSR count). The summed E-state index contributed by atoms with van der Waals surface area (Å²) in [7, 11) is 0. The normalized spacial score (nSPS) is 12.4. The van der Waals surface area contributed by atoms with Gasteiger partial charge in [-0.25, -0.2) is 0 Å². The van der Waals surface area contributed by atoms with E-state index in [9.17, 15) is 4.79 Å². The van der Waals surface area contributed by atoms with Crippen molar-refractivity contribution in [1.82, 2.24) is 0 Å². The number of hydrogen-bond acceptors (Lipinski definition) is 3. The Labute approximate surface area is 121 Å². The predicted octanol–water partition coefficient (Wildman–Crippen LogP) is 3.10. The van der Waals surface area contributed by atoms with Gasteiger partial charge < -0.3 is 10.5 Å². The topological polar surface area (TPSA) is 52.3 Å². The Balaban J connectivity index is 0.00000324.